The second-order valence-corrected chi connectivity index (χ2v) is 4.10. The van der Waals surface area contributed by atoms with Crippen molar-refractivity contribution in [2.24, 2.45) is 0 Å². The van der Waals surface area contributed by atoms with Gasteiger partial charge in [0.2, 0.25) is 0 Å². The van der Waals surface area contributed by atoms with Gasteiger partial charge in [-0.25, -0.2) is 0 Å². The van der Waals surface area contributed by atoms with Gasteiger partial charge in [-0.1, -0.05) is 19.1 Å². The van der Waals surface area contributed by atoms with Crippen molar-refractivity contribution in [1.82, 2.24) is 5.32 Å². The number of ether oxygens (including phenoxy) is 2. The van der Waals surface area contributed by atoms with Gasteiger partial charge in [0, 0.05) is 6.04 Å². The quantitative estimate of drug-likeness (QED) is 0.705. The zero-order valence-electron chi connectivity index (χ0n) is 11.0. The molecule has 0 heterocycles. The number of rotatable bonds is 8. The molecule has 17 heavy (non-hydrogen) atoms. The van der Waals surface area contributed by atoms with Crippen molar-refractivity contribution in [3.63, 3.8) is 0 Å². The predicted octanol–water partition coefficient (Wildman–Crippen LogP) is 2.85. The van der Waals surface area contributed by atoms with Gasteiger partial charge in [-0.3, -0.25) is 0 Å². The van der Waals surface area contributed by atoms with Crippen molar-refractivity contribution in [3.05, 3.63) is 24.3 Å². The fourth-order valence-electron chi connectivity index (χ4n) is 1.76. The highest BCUT2D eigenvalue weighted by Crippen LogP contribution is 2.25. The second-order valence-electron chi connectivity index (χ2n) is 4.10. The van der Waals surface area contributed by atoms with Crippen LogP contribution < -0.4 is 14.8 Å². The maximum absolute atomic E-state index is 5.70. The van der Waals surface area contributed by atoms with Gasteiger partial charge in [-0.05, 0) is 38.4 Å². The van der Waals surface area contributed by atoms with Crippen LogP contribution in [-0.2, 0) is 0 Å². The van der Waals surface area contributed by atoms with E-state index in [-0.39, 0.29) is 0 Å². The molecule has 0 fully saturated rings. The molecule has 96 valence electrons. The van der Waals surface area contributed by atoms with E-state index in [0.717, 1.165) is 37.5 Å². The summed E-state index contributed by atoms with van der Waals surface area (Å²) in [5.41, 5.74) is 0. The Kier molecular flexibility index (Phi) is 6.48. The van der Waals surface area contributed by atoms with Gasteiger partial charge in [-0.15, -0.1) is 0 Å². The van der Waals surface area contributed by atoms with Crippen LogP contribution in [0.2, 0.25) is 0 Å². The van der Waals surface area contributed by atoms with Crippen molar-refractivity contribution in [1.29, 1.82) is 0 Å². The maximum Gasteiger partial charge on any atom is 0.161 e. The lowest BCUT2D eigenvalue weighted by molar-refractivity contribution is 0.280. The molecule has 3 nitrogen and oxygen atoms in total. The zero-order valence-corrected chi connectivity index (χ0v) is 11.0. The molecule has 1 atom stereocenters. The summed E-state index contributed by atoms with van der Waals surface area (Å²) in [5.74, 6) is 1.62. The lowest BCUT2D eigenvalue weighted by Crippen LogP contribution is -2.25. The first-order valence-electron chi connectivity index (χ1n) is 6.27. The fraction of sp³-hybridized carbons (Fsp3) is 0.571. The van der Waals surface area contributed by atoms with Gasteiger partial charge in [0.25, 0.3) is 0 Å². The molecule has 1 aromatic carbocycles. The molecule has 0 aromatic heterocycles. The van der Waals surface area contributed by atoms with Crippen LogP contribution in [0.4, 0.5) is 0 Å². The molecule has 0 bridgehead atoms. The summed E-state index contributed by atoms with van der Waals surface area (Å²) in [5, 5.41) is 3.39. The number of nitrogens with one attached hydrogen (secondary N) is 1. The van der Waals surface area contributed by atoms with E-state index in [0.29, 0.717) is 6.04 Å². The molecule has 0 spiro atoms. The molecule has 0 saturated carbocycles. The minimum absolute atomic E-state index is 0.557. The van der Waals surface area contributed by atoms with Crippen molar-refractivity contribution >= 4 is 0 Å². The Labute approximate surface area is 104 Å². The predicted molar refractivity (Wildman–Crippen MR) is 70.9 cm³/mol. The highest BCUT2D eigenvalue weighted by Gasteiger charge is 2.03. The van der Waals surface area contributed by atoms with Crippen LogP contribution in [0.1, 0.15) is 26.7 Å². The van der Waals surface area contributed by atoms with Gasteiger partial charge in [0.05, 0.1) is 13.7 Å². The van der Waals surface area contributed by atoms with Crippen LogP contribution in [0.25, 0.3) is 0 Å². The molecule has 0 radical (unpaired) electrons. The van der Waals surface area contributed by atoms with Gasteiger partial charge >= 0.3 is 0 Å². The number of benzene rings is 1. The Bertz CT molecular complexity index is 315. The van der Waals surface area contributed by atoms with E-state index in [9.17, 15) is 0 Å². The highest BCUT2D eigenvalue weighted by molar-refractivity contribution is 5.39. The van der Waals surface area contributed by atoms with Crippen molar-refractivity contribution in [3.8, 4) is 11.5 Å². The van der Waals surface area contributed by atoms with E-state index in [1.807, 2.05) is 24.3 Å². The molecular weight excluding hydrogens is 214 g/mol. The Morgan fingerprint density at radius 1 is 1.24 bits per heavy atom. The van der Waals surface area contributed by atoms with Gasteiger partial charge < -0.3 is 14.8 Å². The van der Waals surface area contributed by atoms with Crippen LogP contribution in [-0.4, -0.2) is 26.3 Å². The average Bonchev–Trinajstić information content (AvgIpc) is 2.35. The summed E-state index contributed by atoms with van der Waals surface area (Å²) in [6, 6.07) is 8.31. The lowest BCUT2D eigenvalue weighted by Gasteiger charge is -2.13. The van der Waals surface area contributed by atoms with Crippen molar-refractivity contribution in [2.75, 3.05) is 20.3 Å². The van der Waals surface area contributed by atoms with Crippen LogP contribution >= 0.6 is 0 Å². The molecule has 1 unspecified atom stereocenters. The van der Waals surface area contributed by atoms with Crippen LogP contribution in [0, 0.1) is 0 Å². The Balaban J connectivity index is 2.26. The van der Waals surface area contributed by atoms with E-state index < -0.39 is 0 Å². The molecule has 0 amide bonds. The number of hydrogen-bond acceptors (Lipinski definition) is 3. The molecule has 0 aliphatic rings. The van der Waals surface area contributed by atoms with E-state index >= 15 is 0 Å². The highest BCUT2D eigenvalue weighted by atomic mass is 16.5. The average molecular weight is 237 g/mol. The summed E-state index contributed by atoms with van der Waals surface area (Å²) in [7, 11) is 1.66. The van der Waals surface area contributed by atoms with Crippen LogP contribution in [0.5, 0.6) is 11.5 Å². The molecule has 0 aliphatic carbocycles. The van der Waals surface area contributed by atoms with Crippen LogP contribution in [0.3, 0.4) is 0 Å². The third-order valence-corrected chi connectivity index (χ3v) is 2.66. The Morgan fingerprint density at radius 3 is 2.59 bits per heavy atom. The number of methoxy groups -OCH3 is 1. The molecule has 3 heteroatoms. The summed E-state index contributed by atoms with van der Waals surface area (Å²) >= 11 is 0. The summed E-state index contributed by atoms with van der Waals surface area (Å²) in [6.07, 6.45) is 2.18. The van der Waals surface area contributed by atoms with Gasteiger partial charge in [0.15, 0.2) is 11.5 Å². The van der Waals surface area contributed by atoms with E-state index in [1.165, 1.54) is 0 Å². The third-order valence-electron chi connectivity index (χ3n) is 2.66. The first-order chi connectivity index (χ1) is 8.27. The van der Waals surface area contributed by atoms with Gasteiger partial charge in [-0.2, -0.15) is 0 Å². The summed E-state index contributed by atoms with van der Waals surface area (Å²) in [4.78, 5) is 0. The minimum Gasteiger partial charge on any atom is -0.493 e. The molecule has 1 N–H and O–H groups in total. The SMILES string of the molecule is CCNC(C)CCCOc1ccccc1OC. The first-order valence-corrected chi connectivity index (χ1v) is 6.27. The molecule has 0 saturated heterocycles. The number of para-hydroxylation sites is 2. The van der Waals surface area contributed by atoms with Crippen LogP contribution in [0.15, 0.2) is 24.3 Å². The van der Waals surface area contributed by atoms with E-state index in [4.69, 9.17) is 9.47 Å². The molecular formula is C14H23NO2. The van der Waals surface area contributed by atoms with E-state index in [2.05, 4.69) is 19.2 Å². The summed E-state index contributed by atoms with van der Waals surface area (Å²) < 4.78 is 10.9. The normalized spacial score (nSPS) is 12.2. The first kappa shape index (κ1) is 13.8. The van der Waals surface area contributed by atoms with E-state index in [1.54, 1.807) is 7.11 Å². The van der Waals surface area contributed by atoms with Crippen molar-refractivity contribution < 1.29 is 9.47 Å². The molecule has 1 rings (SSSR count). The van der Waals surface area contributed by atoms with Gasteiger partial charge in [0.1, 0.15) is 0 Å². The topological polar surface area (TPSA) is 30.5 Å². The minimum atomic E-state index is 0.557. The molecule has 0 aliphatic heterocycles. The lowest BCUT2D eigenvalue weighted by atomic mass is 10.2. The molecule has 1 aromatic rings. The Hall–Kier alpha value is -1.22. The smallest absolute Gasteiger partial charge is 0.161 e. The fourth-order valence-corrected chi connectivity index (χ4v) is 1.76. The zero-order chi connectivity index (χ0) is 12.5. The third kappa shape index (κ3) is 5.09. The standard InChI is InChI=1S/C14H23NO2/c1-4-15-12(2)8-7-11-17-14-10-6-5-9-13(14)16-3/h5-6,9-10,12,15H,4,7-8,11H2,1-3H3. The number of hydrogen-bond donors (Lipinski definition) is 1. The second kappa shape index (κ2) is 7.96. The summed E-state index contributed by atoms with van der Waals surface area (Å²) in [6.45, 7) is 6.08. The largest absolute Gasteiger partial charge is 0.493 e. The maximum atomic E-state index is 5.70. The Morgan fingerprint density at radius 2 is 1.94 bits per heavy atom. The van der Waals surface area contributed by atoms with Crippen molar-refractivity contribution in [2.45, 2.75) is 32.7 Å². The monoisotopic (exact) mass is 237 g/mol.